The second-order valence-electron chi connectivity index (χ2n) is 5.74. The zero-order chi connectivity index (χ0) is 13.4. The summed E-state index contributed by atoms with van der Waals surface area (Å²) in [6, 6.07) is 1.72. The first-order valence-corrected chi connectivity index (χ1v) is 6.70. The Morgan fingerprint density at radius 2 is 2.42 bits per heavy atom. The minimum Gasteiger partial charge on any atom is -0.376 e. The lowest BCUT2D eigenvalue weighted by Gasteiger charge is -2.21. The number of fused-ring (bicyclic) bond motifs is 1. The molecule has 1 aromatic rings. The number of hydrogen-bond donors (Lipinski definition) is 1. The van der Waals surface area contributed by atoms with Crippen LogP contribution in [0.3, 0.4) is 0 Å². The van der Waals surface area contributed by atoms with Crippen molar-refractivity contribution in [2.75, 3.05) is 40.3 Å². The maximum Gasteiger partial charge on any atom is 0.271 e. The highest BCUT2D eigenvalue weighted by Gasteiger charge is 2.45. The Morgan fingerprint density at radius 3 is 3.11 bits per heavy atom. The van der Waals surface area contributed by atoms with E-state index in [4.69, 9.17) is 4.74 Å². The molecule has 0 aromatic carbocycles. The first-order chi connectivity index (χ1) is 9.15. The van der Waals surface area contributed by atoms with E-state index in [1.807, 2.05) is 4.90 Å². The van der Waals surface area contributed by atoms with Gasteiger partial charge in [0.1, 0.15) is 5.69 Å². The summed E-state index contributed by atoms with van der Waals surface area (Å²) >= 11 is 0. The quantitative estimate of drug-likeness (QED) is 0.838. The number of carbonyl (C=O) groups is 1. The number of nitrogens with one attached hydrogen (secondary N) is 1. The molecule has 104 valence electrons. The number of aromatic nitrogens is 2. The zero-order valence-corrected chi connectivity index (χ0v) is 11.4. The van der Waals surface area contributed by atoms with E-state index in [2.05, 4.69) is 29.2 Å². The van der Waals surface area contributed by atoms with Crippen LogP contribution in [0.1, 0.15) is 10.5 Å². The van der Waals surface area contributed by atoms with Crippen molar-refractivity contribution >= 4 is 5.91 Å². The molecule has 0 spiro atoms. The van der Waals surface area contributed by atoms with Gasteiger partial charge in [-0.25, -0.2) is 0 Å². The monoisotopic (exact) mass is 264 g/mol. The fourth-order valence-electron chi connectivity index (χ4n) is 3.17. The van der Waals surface area contributed by atoms with Crippen molar-refractivity contribution in [3.8, 4) is 0 Å². The van der Waals surface area contributed by atoms with Crippen LogP contribution in [0.5, 0.6) is 0 Å². The summed E-state index contributed by atoms with van der Waals surface area (Å²) in [5.74, 6) is 1.02. The SMILES string of the molecule is CN(C)C[C@@H]1CO[C@@H]2CN(C(=O)c3ccn[nH]3)C[C@H]12. The standard InChI is InChI=1S/C13H20N4O2/c1-16(2)5-9-8-19-12-7-17(6-10(9)12)13(18)11-3-4-14-15-11/h3-4,9-10,12H,5-8H2,1-2H3,(H,14,15)/t9-,10-,12-/m1/s1. The largest absolute Gasteiger partial charge is 0.376 e. The van der Waals surface area contributed by atoms with E-state index in [1.54, 1.807) is 12.3 Å². The van der Waals surface area contributed by atoms with Gasteiger partial charge in [0, 0.05) is 37.7 Å². The fraction of sp³-hybridized carbons (Fsp3) is 0.692. The van der Waals surface area contributed by atoms with E-state index in [0.29, 0.717) is 24.1 Å². The molecule has 6 heteroatoms. The number of carbonyl (C=O) groups excluding carboxylic acids is 1. The van der Waals surface area contributed by atoms with Crippen molar-refractivity contribution in [2.24, 2.45) is 11.8 Å². The first-order valence-electron chi connectivity index (χ1n) is 6.70. The van der Waals surface area contributed by atoms with Gasteiger partial charge in [-0.3, -0.25) is 9.89 Å². The number of hydrogen-bond acceptors (Lipinski definition) is 4. The molecule has 2 fully saturated rings. The third-order valence-corrected chi connectivity index (χ3v) is 4.06. The Hall–Kier alpha value is -1.40. The molecule has 3 atom stereocenters. The summed E-state index contributed by atoms with van der Waals surface area (Å²) in [7, 11) is 4.16. The molecule has 0 saturated carbocycles. The van der Waals surface area contributed by atoms with Crippen LogP contribution in [-0.2, 0) is 4.74 Å². The van der Waals surface area contributed by atoms with Crippen LogP contribution in [0.4, 0.5) is 0 Å². The smallest absolute Gasteiger partial charge is 0.271 e. The number of nitrogens with zero attached hydrogens (tertiary/aromatic N) is 3. The summed E-state index contributed by atoms with van der Waals surface area (Å²) in [6.45, 7) is 3.33. The van der Waals surface area contributed by atoms with Crippen LogP contribution >= 0.6 is 0 Å². The highest BCUT2D eigenvalue weighted by molar-refractivity contribution is 5.92. The lowest BCUT2D eigenvalue weighted by Crippen LogP contribution is -2.33. The van der Waals surface area contributed by atoms with E-state index >= 15 is 0 Å². The fourth-order valence-corrected chi connectivity index (χ4v) is 3.17. The average Bonchev–Trinajstić information content (AvgIpc) is 3.04. The maximum absolute atomic E-state index is 12.3. The molecule has 2 aliphatic rings. The van der Waals surface area contributed by atoms with Gasteiger partial charge in [0.05, 0.1) is 12.7 Å². The molecule has 19 heavy (non-hydrogen) atoms. The molecule has 0 radical (unpaired) electrons. The number of likely N-dealkylation sites (tertiary alicyclic amines) is 1. The molecular formula is C13H20N4O2. The summed E-state index contributed by atoms with van der Waals surface area (Å²) in [5.41, 5.74) is 0.559. The minimum absolute atomic E-state index is 0.0269. The molecule has 3 rings (SSSR count). The normalized spacial score (nSPS) is 30.1. The Bertz CT molecular complexity index is 446. The average molecular weight is 264 g/mol. The molecule has 2 saturated heterocycles. The molecule has 0 unspecified atom stereocenters. The van der Waals surface area contributed by atoms with Gasteiger partial charge < -0.3 is 14.5 Å². The molecular weight excluding hydrogens is 244 g/mol. The van der Waals surface area contributed by atoms with Crippen molar-refractivity contribution in [3.63, 3.8) is 0 Å². The molecule has 3 heterocycles. The summed E-state index contributed by atoms with van der Waals surface area (Å²) in [6.07, 6.45) is 1.81. The van der Waals surface area contributed by atoms with Crippen molar-refractivity contribution in [2.45, 2.75) is 6.10 Å². The van der Waals surface area contributed by atoms with Crippen molar-refractivity contribution in [1.29, 1.82) is 0 Å². The second-order valence-corrected chi connectivity index (χ2v) is 5.74. The lowest BCUT2D eigenvalue weighted by atomic mass is 9.93. The predicted molar refractivity (Wildman–Crippen MR) is 69.8 cm³/mol. The Morgan fingerprint density at radius 1 is 1.58 bits per heavy atom. The minimum atomic E-state index is 0.0269. The molecule has 1 amide bonds. The van der Waals surface area contributed by atoms with Crippen molar-refractivity contribution in [3.05, 3.63) is 18.0 Å². The molecule has 0 aliphatic carbocycles. The first kappa shape index (κ1) is 12.6. The van der Waals surface area contributed by atoms with Crippen LogP contribution in [0, 0.1) is 11.8 Å². The van der Waals surface area contributed by atoms with Gasteiger partial charge in [-0.15, -0.1) is 0 Å². The molecule has 0 bridgehead atoms. The molecule has 1 N–H and O–H groups in total. The van der Waals surface area contributed by atoms with Crippen LogP contribution in [0.25, 0.3) is 0 Å². The van der Waals surface area contributed by atoms with Gasteiger partial charge in [0.25, 0.3) is 5.91 Å². The molecule has 1 aromatic heterocycles. The lowest BCUT2D eigenvalue weighted by molar-refractivity contribution is 0.0666. The highest BCUT2D eigenvalue weighted by Crippen LogP contribution is 2.34. The van der Waals surface area contributed by atoms with Crippen LogP contribution in [0.15, 0.2) is 12.3 Å². The Kier molecular flexibility index (Phi) is 3.28. The number of H-pyrrole nitrogens is 1. The third kappa shape index (κ3) is 2.37. The van der Waals surface area contributed by atoms with Gasteiger partial charge >= 0.3 is 0 Å². The van der Waals surface area contributed by atoms with E-state index in [-0.39, 0.29) is 12.0 Å². The molecule has 2 aliphatic heterocycles. The molecule has 6 nitrogen and oxygen atoms in total. The van der Waals surface area contributed by atoms with E-state index in [1.165, 1.54) is 0 Å². The number of ether oxygens (including phenoxy) is 1. The van der Waals surface area contributed by atoms with E-state index in [0.717, 1.165) is 19.7 Å². The van der Waals surface area contributed by atoms with Crippen molar-refractivity contribution in [1.82, 2.24) is 20.0 Å². The van der Waals surface area contributed by atoms with Gasteiger partial charge in [0.2, 0.25) is 0 Å². The third-order valence-electron chi connectivity index (χ3n) is 4.06. The number of rotatable bonds is 3. The summed E-state index contributed by atoms with van der Waals surface area (Å²) in [4.78, 5) is 16.3. The topological polar surface area (TPSA) is 61.5 Å². The number of aromatic amines is 1. The second kappa shape index (κ2) is 4.94. The van der Waals surface area contributed by atoms with Crippen LogP contribution < -0.4 is 0 Å². The highest BCUT2D eigenvalue weighted by atomic mass is 16.5. The van der Waals surface area contributed by atoms with Crippen LogP contribution in [-0.4, -0.2) is 72.3 Å². The maximum atomic E-state index is 12.3. The van der Waals surface area contributed by atoms with Gasteiger partial charge in [-0.2, -0.15) is 5.10 Å². The van der Waals surface area contributed by atoms with Crippen molar-refractivity contribution < 1.29 is 9.53 Å². The van der Waals surface area contributed by atoms with E-state index < -0.39 is 0 Å². The Balaban J connectivity index is 1.65. The summed E-state index contributed by atoms with van der Waals surface area (Å²) in [5, 5.41) is 6.56. The van der Waals surface area contributed by atoms with Gasteiger partial charge in [-0.05, 0) is 20.2 Å². The van der Waals surface area contributed by atoms with Gasteiger partial charge in [-0.1, -0.05) is 0 Å². The number of amides is 1. The predicted octanol–water partition coefficient (Wildman–Crippen LogP) is 0.0583. The van der Waals surface area contributed by atoms with E-state index in [9.17, 15) is 4.79 Å². The summed E-state index contributed by atoms with van der Waals surface area (Å²) < 4.78 is 5.84. The zero-order valence-electron chi connectivity index (χ0n) is 11.4. The van der Waals surface area contributed by atoms with Gasteiger partial charge in [0.15, 0.2) is 0 Å². The Labute approximate surface area is 112 Å². The van der Waals surface area contributed by atoms with Crippen LogP contribution in [0.2, 0.25) is 0 Å².